The van der Waals surface area contributed by atoms with Gasteiger partial charge in [0.2, 0.25) is 0 Å². The molecule has 7 heteroatoms. The first-order valence-electron chi connectivity index (χ1n) is 12.0. The molecule has 1 aliphatic rings. The van der Waals surface area contributed by atoms with Gasteiger partial charge in [-0.1, -0.05) is 42.5 Å². The summed E-state index contributed by atoms with van der Waals surface area (Å²) in [5.74, 6) is 0.495. The minimum atomic E-state index is -0.541. The zero-order valence-corrected chi connectivity index (χ0v) is 20.9. The molecule has 0 bridgehead atoms. The predicted octanol–water partition coefficient (Wildman–Crippen LogP) is 5.83. The van der Waals surface area contributed by atoms with E-state index in [2.05, 4.69) is 5.32 Å². The highest BCUT2D eigenvalue weighted by Gasteiger charge is 2.28. The van der Waals surface area contributed by atoms with Crippen LogP contribution in [0, 0.1) is 0 Å². The van der Waals surface area contributed by atoms with Crippen LogP contribution in [0.4, 0.5) is 10.5 Å². The molecular weight excluding hydrogens is 456 g/mol. The Kier molecular flexibility index (Phi) is 7.90. The molecule has 3 aromatic rings. The number of carbonyl (C=O) groups is 2. The van der Waals surface area contributed by atoms with Gasteiger partial charge in [-0.05, 0) is 68.3 Å². The normalized spacial score (nSPS) is 15.8. The van der Waals surface area contributed by atoms with Crippen LogP contribution in [0.3, 0.4) is 0 Å². The quantitative estimate of drug-likeness (QED) is 0.473. The molecule has 1 N–H and O–H groups in total. The van der Waals surface area contributed by atoms with Crippen molar-refractivity contribution < 1.29 is 23.8 Å². The monoisotopic (exact) mass is 488 g/mol. The topological polar surface area (TPSA) is 77.1 Å². The van der Waals surface area contributed by atoms with Crippen LogP contribution in [-0.4, -0.2) is 42.2 Å². The minimum Gasteiger partial charge on any atom is -0.489 e. The summed E-state index contributed by atoms with van der Waals surface area (Å²) in [6.45, 7) is 7.37. The van der Waals surface area contributed by atoms with E-state index >= 15 is 0 Å². The molecule has 1 heterocycles. The molecule has 0 aromatic heterocycles. The summed E-state index contributed by atoms with van der Waals surface area (Å²) in [4.78, 5) is 26.8. The molecule has 1 unspecified atom stereocenters. The summed E-state index contributed by atoms with van der Waals surface area (Å²) in [7, 11) is 0. The zero-order chi connectivity index (χ0) is 25.5. The molecule has 0 saturated carbocycles. The molecule has 0 radical (unpaired) electrons. The second-order valence-corrected chi connectivity index (χ2v) is 9.66. The number of hydrogen-bond donors (Lipinski definition) is 1. The number of ether oxygens (including phenoxy) is 3. The summed E-state index contributed by atoms with van der Waals surface area (Å²) in [5.41, 5.74) is 2.68. The first-order chi connectivity index (χ1) is 17.3. The van der Waals surface area contributed by atoms with Gasteiger partial charge in [0.15, 0.2) is 0 Å². The number of nitrogens with one attached hydrogen (secondary N) is 1. The summed E-state index contributed by atoms with van der Waals surface area (Å²) in [6, 6.07) is 24.5. The number of nitrogens with zero attached hydrogens (tertiary/aromatic N) is 1. The van der Waals surface area contributed by atoms with Gasteiger partial charge in [-0.2, -0.15) is 0 Å². The maximum Gasteiger partial charge on any atom is 0.410 e. The Labute approximate surface area is 212 Å². The predicted molar refractivity (Wildman–Crippen MR) is 138 cm³/mol. The molecule has 2 amide bonds. The average molecular weight is 489 g/mol. The summed E-state index contributed by atoms with van der Waals surface area (Å²) < 4.78 is 17.1. The van der Waals surface area contributed by atoms with Gasteiger partial charge in [-0.3, -0.25) is 4.79 Å². The lowest BCUT2D eigenvalue weighted by atomic mass is 10.1. The van der Waals surface area contributed by atoms with Crippen molar-refractivity contribution >= 4 is 17.7 Å². The highest BCUT2D eigenvalue weighted by Crippen LogP contribution is 2.25. The number of anilines is 1. The molecule has 1 aliphatic heterocycles. The maximum atomic E-state index is 12.7. The molecular formula is C29H32N2O5. The number of rotatable bonds is 6. The van der Waals surface area contributed by atoms with Gasteiger partial charge in [0.05, 0.1) is 13.2 Å². The number of carbonyl (C=O) groups excluding carboxylic acids is 2. The smallest absolute Gasteiger partial charge is 0.410 e. The lowest BCUT2D eigenvalue weighted by Gasteiger charge is -2.34. The largest absolute Gasteiger partial charge is 0.489 e. The Morgan fingerprint density at radius 1 is 0.972 bits per heavy atom. The molecule has 4 rings (SSSR count). The minimum absolute atomic E-state index is 0.206. The Morgan fingerprint density at radius 2 is 1.67 bits per heavy atom. The fraction of sp³-hybridized carbons (Fsp3) is 0.310. The number of hydrogen-bond acceptors (Lipinski definition) is 5. The molecule has 1 atom stereocenters. The van der Waals surface area contributed by atoms with E-state index in [0.29, 0.717) is 43.3 Å². The van der Waals surface area contributed by atoms with Crippen LogP contribution in [0.1, 0.15) is 48.4 Å². The maximum absolute atomic E-state index is 12.7. The average Bonchev–Trinajstić information content (AvgIpc) is 2.88. The van der Waals surface area contributed by atoms with E-state index in [1.807, 2.05) is 75.4 Å². The van der Waals surface area contributed by atoms with E-state index in [-0.39, 0.29) is 18.1 Å². The number of amides is 2. The molecule has 36 heavy (non-hydrogen) atoms. The molecule has 188 valence electrons. The van der Waals surface area contributed by atoms with Crippen molar-refractivity contribution in [3.8, 4) is 5.75 Å². The van der Waals surface area contributed by atoms with Gasteiger partial charge in [-0.15, -0.1) is 0 Å². The van der Waals surface area contributed by atoms with Gasteiger partial charge in [0.1, 0.15) is 24.1 Å². The lowest BCUT2D eigenvalue weighted by molar-refractivity contribution is -0.0432. The highest BCUT2D eigenvalue weighted by atomic mass is 16.6. The standard InChI is InChI=1S/C29H32N2O5/c1-29(2,3)36-28(33)31-17-18-34-26(19-31)22-9-13-24(14-10-22)30-27(32)23-11-15-25(16-12-23)35-20-21-7-5-4-6-8-21/h4-16,26H,17-20H2,1-3H3,(H,30,32). The van der Waals surface area contributed by atoms with Crippen molar-refractivity contribution in [1.82, 2.24) is 4.90 Å². The molecule has 0 spiro atoms. The van der Waals surface area contributed by atoms with Gasteiger partial charge in [0, 0.05) is 17.8 Å². The van der Waals surface area contributed by atoms with Crippen LogP contribution < -0.4 is 10.1 Å². The van der Waals surface area contributed by atoms with Gasteiger partial charge in [0.25, 0.3) is 5.91 Å². The second kappa shape index (κ2) is 11.3. The van der Waals surface area contributed by atoms with Crippen LogP contribution in [0.15, 0.2) is 78.9 Å². The number of morpholine rings is 1. The van der Waals surface area contributed by atoms with Crippen LogP contribution in [0.25, 0.3) is 0 Å². The van der Waals surface area contributed by atoms with Gasteiger partial charge in [-0.25, -0.2) is 4.79 Å². The third kappa shape index (κ3) is 7.09. The molecule has 3 aromatic carbocycles. The van der Waals surface area contributed by atoms with Gasteiger partial charge >= 0.3 is 6.09 Å². The molecule has 0 aliphatic carbocycles. The summed E-state index contributed by atoms with van der Waals surface area (Å²) in [5, 5.41) is 2.91. The first kappa shape index (κ1) is 25.3. The molecule has 7 nitrogen and oxygen atoms in total. The van der Waals surface area contributed by atoms with Crippen molar-refractivity contribution in [3.05, 3.63) is 95.6 Å². The summed E-state index contributed by atoms with van der Waals surface area (Å²) >= 11 is 0. The van der Waals surface area contributed by atoms with E-state index in [1.54, 1.807) is 29.2 Å². The number of benzene rings is 3. The van der Waals surface area contributed by atoms with Crippen LogP contribution in [0.5, 0.6) is 5.75 Å². The van der Waals surface area contributed by atoms with E-state index in [1.165, 1.54) is 0 Å². The van der Waals surface area contributed by atoms with E-state index in [4.69, 9.17) is 14.2 Å². The Hall–Kier alpha value is -3.84. The van der Waals surface area contributed by atoms with Crippen molar-refractivity contribution in [2.45, 2.75) is 39.1 Å². The van der Waals surface area contributed by atoms with Crippen LogP contribution >= 0.6 is 0 Å². The van der Waals surface area contributed by atoms with Gasteiger partial charge < -0.3 is 24.4 Å². The van der Waals surface area contributed by atoms with Crippen molar-refractivity contribution in [2.75, 3.05) is 25.0 Å². The first-order valence-corrected chi connectivity index (χ1v) is 12.0. The lowest BCUT2D eigenvalue weighted by Crippen LogP contribution is -2.44. The third-order valence-corrected chi connectivity index (χ3v) is 5.62. The van der Waals surface area contributed by atoms with Crippen molar-refractivity contribution in [3.63, 3.8) is 0 Å². The summed E-state index contributed by atoms with van der Waals surface area (Å²) in [6.07, 6.45) is -0.587. The fourth-order valence-electron chi connectivity index (χ4n) is 3.77. The Balaban J connectivity index is 1.30. The van der Waals surface area contributed by atoms with Crippen LogP contribution in [0.2, 0.25) is 0 Å². The Morgan fingerprint density at radius 3 is 2.33 bits per heavy atom. The highest BCUT2D eigenvalue weighted by molar-refractivity contribution is 6.04. The molecule has 1 saturated heterocycles. The SMILES string of the molecule is CC(C)(C)OC(=O)N1CCOC(c2ccc(NC(=O)c3ccc(OCc4ccccc4)cc3)cc2)C1. The van der Waals surface area contributed by atoms with E-state index in [9.17, 15) is 9.59 Å². The Bertz CT molecular complexity index is 1160. The van der Waals surface area contributed by atoms with Crippen molar-refractivity contribution in [1.29, 1.82) is 0 Å². The second-order valence-electron chi connectivity index (χ2n) is 9.66. The fourth-order valence-corrected chi connectivity index (χ4v) is 3.77. The van der Waals surface area contributed by atoms with E-state index in [0.717, 1.165) is 11.1 Å². The van der Waals surface area contributed by atoms with Crippen LogP contribution in [-0.2, 0) is 16.1 Å². The third-order valence-electron chi connectivity index (χ3n) is 5.62. The van der Waals surface area contributed by atoms with E-state index < -0.39 is 5.60 Å². The molecule has 1 fully saturated rings. The van der Waals surface area contributed by atoms with Crippen molar-refractivity contribution in [2.24, 2.45) is 0 Å². The zero-order valence-electron chi connectivity index (χ0n) is 20.9.